The summed E-state index contributed by atoms with van der Waals surface area (Å²) in [6.45, 7) is 3.24. The van der Waals surface area contributed by atoms with Crippen LogP contribution in [0, 0.1) is 11.3 Å². The second-order valence-corrected chi connectivity index (χ2v) is 3.33. The summed E-state index contributed by atoms with van der Waals surface area (Å²) in [6, 6.07) is 2.03. The van der Waals surface area contributed by atoms with Gasteiger partial charge in [-0.3, -0.25) is 0 Å². The average Bonchev–Trinajstić information content (AvgIpc) is 2.32. The van der Waals surface area contributed by atoms with E-state index in [0.717, 1.165) is 12.8 Å². The average molecular weight is 230 g/mol. The molecule has 1 unspecified atom stereocenters. The molecule has 0 aromatic rings. The summed E-state index contributed by atoms with van der Waals surface area (Å²) < 4.78 is 15.5. The van der Waals surface area contributed by atoms with Gasteiger partial charge in [-0.15, -0.1) is 0 Å². The first-order chi connectivity index (χ1) is 7.85. The predicted molar refractivity (Wildman–Crippen MR) is 61.2 cm³/mol. The number of hydrogen-bond acceptors (Lipinski definition) is 5. The SMILES string of the molecule is CNC(C#N)CCOCCCOCCOC. The first-order valence-electron chi connectivity index (χ1n) is 5.56. The second kappa shape index (κ2) is 12.4. The Balaban J connectivity index is 3.07. The highest BCUT2D eigenvalue weighted by atomic mass is 16.5. The Kier molecular flexibility index (Phi) is 11.9. The molecule has 16 heavy (non-hydrogen) atoms. The lowest BCUT2D eigenvalue weighted by Gasteiger charge is -2.08. The van der Waals surface area contributed by atoms with Crippen molar-refractivity contribution in [3.63, 3.8) is 0 Å². The zero-order valence-electron chi connectivity index (χ0n) is 10.2. The number of nitrogens with one attached hydrogen (secondary N) is 1. The van der Waals surface area contributed by atoms with Crippen LogP contribution < -0.4 is 5.32 Å². The molecule has 0 aliphatic rings. The molecule has 1 N–H and O–H groups in total. The number of rotatable bonds is 11. The molecule has 0 bridgehead atoms. The Hall–Kier alpha value is -0.670. The minimum Gasteiger partial charge on any atom is -0.382 e. The third kappa shape index (κ3) is 9.87. The molecule has 0 spiro atoms. The number of nitrogens with zero attached hydrogens (tertiary/aromatic N) is 1. The summed E-state index contributed by atoms with van der Waals surface area (Å²) in [5.74, 6) is 0. The third-order valence-electron chi connectivity index (χ3n) is 2.06. The fraction of sp³-hybridized carbons (Fsp3) is 0.909. The van der Waals surface area contributed by atoms with Crippen molar-refractivity contribution < 1.29 is 14.2 Å². The van der Waals surface area contributed by atoms with Crippen LogP contribution in [0.4, 0.5) is 0 Å². The van der Waals surface area contributed by atoms with Crippen molar-refractivity contribution in [1.82, 2.24) is 5.32 Å². The molecule has 0 saturated heterocycles. The minimum atomic E-state index is -0.113. The predicted octanol–water partition coefficient (Wildman–Crippen LogP) is 0.558. The van der Waals surface area contributed by atoms with Crippen LogP contribution >= 0.6 is 0 Å². The molecule has 94 valence electrons. The number of methoxy groups -OCH3 is 1. The van der Waals surface area contributed by atoms with Gasteiger partial charge in [0.05, 0.1) is 25.3 Å². The van der Waals surface area contributed by atoms with Crippen molar-refractivity contribution in [2.75, 3.05) is 47.2 Å². The van der Waals surface area contributed by atoms with E-state index in [2.05, 4.69) is 11.4 Å². The normalized spacial score (nSPS) is 12.3. The molecule has 0 rings (SSSR count). The van der Waals surface area contributed by atoms with E-state index in [0.29, 0.717) is 33.0 Å². The zero-order valence-corrected chi connectivity index (χ0v) is 10.2. The van der Waals surface area contributed by atoms with Crippen LogP contribution in [0.1, 0.15) is 12.8 Å². The maximum Gasteiger partial charge on any atom is 0.0972 e. The van der Waals surface area contributed by atoms with Crippen molar-refractivity contribution in [2.24, 2.45) is 0 Å². The Labute approximate surface area is 97.7 Å². The lowest BCUT2D eigenvalue weighted by molar-refractivity contribution is 0.0506. The standard InChI is InChI=1S/C11H22N2O3/c1-13-11(10-12)4-7-15-5-3-6-16-9-8-14-2/h11,13H,3-9H2,1-2H3. The topological polar surface area (TPSA) is 63.5 Å². The van der Waals surface area contributed by atoms with Gasteiger partial charge in [0.15, 0.2) is 0 Å². The van der Waals surface area contributed by atoms with Gasteiger partial charge in [0.1, 0.15) is 0 Å². The molecule has 0 radical (unpaired) electrons. The molecule has 5 nitrogen and oxygen atoms in total. The van der Waals surface area contributed by atoms with Crippen molar-refractivity contribution in [3.8, 4) is 6.07 Å². The molecule has 5 heteroatoms. The Morgan fingerprint density at radius 3 is 2.38 bits per heavy atom. The molecule has 0 saturated carbocycles. The van der Waals surface area contributed by atoms with Gasteiger partial charge in [-0.1, -0.05) is 0 Å². The third-order valence-corrected chi connectivity index (χ3v) is 2.06. The van der Waals surface area contributed by atoms with Crippen molar-refractivity contribution in [1.29, 1.82) is 5.26 Å². The smallest absolute Gasteiger partial charge is 0.0972 e. The number of ether oxygens (including phenoxy) is 3. The molecule has 1 atom stereocenters. The molecular weight excluding hydrogens is 208 g/mol. The van der Waals surface area contributed by atoms with Crippen molar-refractivity contribution in [3.05, 3.63) is 0 Å². The van der Waals surface area contributed by atoms with Crippen LogP contribution in [0.15, 0.2) is 0 Å². The summed E-state index contributed by atoms with van der Waals surface area (Å²) in [7, 11) is 3.43. The van der Waals surface area contributed by atoms with Gasteiger partial charge >= 0.3 is 0 Å². The highest BCUT2D eigenvalue weighted by molar-refractivity contribution is 4.87. The molecule has 0 aliphatic heterocycles. The van der Waals surface area contributed by atoms with E-state index in [1.165, 1.54) is 0 Å². The Morgan fingerprint density at radius 2 is 1.81 bits per heavy atom. The number of nitriles is 1. The fourth-order valence-electron chi connectivity index (χ4n) is 1.08. The maximum atomic E-state index is 8.65. The summed E-state index contributed by atoms with van der Waals surface area (Å²) in [4.78, 5) is 0. The van der Waals surface area contributed by atoms with Crippen LogP contribution in [-0.4, -0.2) is 53.2 Å². The van der Waals surface area contributed by atoms with E-state index in [1.54, 1.807) is 14.2 Å². The Bertz CT molecular complexity index is 183. The summed E-state index contributed by atoms with van der Waals surface area (Å²) in [6.07, 6.45) is 1.60. The second-order valence-electron chi connectivity index (χ2n) is 3.33. The minimum absolute atomic E-state index is 0.113. The van der Waals surface area contributed by atoms with Gasteiger partial charge in [0, 0.05) is 26.9 Å². The van der Waals surface area contributed by atoms with Crippen LogP contribution in [0.3, 0.4) is 0 Å². The highest BCUT2D eigenvalue weighted by Gasteiger charge is 2.02. The quantitative estimate of drug-likeness (QED) is 0.525. The van der Waals surface area contributed by atoms with Gasteiger partial charge in [-0.2, -0.15) is 5.26 Å². The molecule has 0 aromatic heterocycles. The van der Waals surface area contributed by atoms with Gasteiger partial charge in [0.25, 0.3) is 0 Å². The van der Waals surface area contributed by atoms with Gasteiger partial charge in [-0.05, 0) is 19.9 Å². The molecule has 0 aliphatic carbocycles. The molecule has 0 amide bonds. The van der Waals surface area contributed by atoms with E-state index in [1.807, 2.05) is 0 Å². The summed E-state index contributed by atoms with van der Waals surface area (Å²) in [5, 5.41) is 11.5. The highest BCUT2D eigenvalue weighted by Crippen LogP contribution is 1.92. The van der Waals surface area contributed by atoms with Crippen molar-refractivity contribution in [2.45, 2.75) is 18.9 Å². The monoisotopic (exact) mass is 230 g/mol. The van der Waals surface area contributed by atoms with Crippen molar-refractivity contribution >= 4 is 0 Å². The number of hydrogen-bond donors (Lipinski definition) is 1. The molecule has 0 aromatic carbocycles. The van der Waals surface area contributed by atoms with E-state index < -0.39 is 0 Å². The fourth-order valence-corrected chi connectivity index (χ4v) is 1.08. The summed E-state index contributed by atoms with van der Waals surface area (Å²) >= 11 is 0. The first-order valence-corrected chi connectivity index (χ1v) is 5.56. The van der Waals surface area contributed by atoms with E-state index in [4.69, 9.17) is 19.5 Å². The maximum absolute atomic E-state index is 8.65. The van der Waals surface area contributed by atoms with Crippen LogP contribution in [0.5, 0.6) is 0 Å². The van der Waals surface area contributed by atoms with Gasteiger partial charge in [0.2, 0.25) is 0 Å². The summed E-state index contributed by atoms with van der Waals surface area (Å²) in [5.41, 5.74) is 0. The molecular formula is C11H22N2O3. The van der Waals surface area contributed by atoms with Crippen LogP contribution in [0.25, 0.3) is 0 Å². The van der Waals surface area contributed by atoms with Crippen LogP contribution in [-0.2, 0) is 14.2 Å². The zero-order chi connectivity index (χ0) is 12.1. The largest absolute Gasteiger partial charge is 0.382 e. The first kappa shape index (κ1) is 15.3. The molecule has 0 heterocycles. The lowest BCUT2D eigenvalue weighted by atomic mass is 10.2. The van der Waals surface area contributed by atoms with E-state index in [9.17, 15) is 0 Å². The van der Waals surface area contributed by atoms with E-state index >= 15 is 0 Å². The van der Waals surface area contributed by atoms with Crippen LogP contribution in [0.2, 0.25) is 0 Å². The van der Waals surface area contributed by atoms with E-state index in [-0.39, 0.29) is 6.04 Å². The van der Waals surface area contributed by atoms with Gasteiger partial charge in [-0.25, -0.2) is 0 Å². The molecule has 0 fully saturated rings. The lowest BCUT2D eigenvalue weighted by Crippen LogP contribution is -2.24. The Morgan fingerprint density at radius 1 is 1.12 bits per heavy atom. The van der Waals surface area contributed by atoms with Gasteiger partial charge < -0.3 is 19.5 Å².